The van der Waals surface area contributed by atoms with Crippen LogP contribution in [0, 0.1) is 5.92 Å². The number of thiazole rings is 1. The molecule has 0 atom stereocenters. The molecule has 1 aromatic heterocycles. The number of nitrogens with one attached hydrogen (secondary N) is 1. The van der Waals surface area contributed by atoms with E-state index in [1.54, 1.807) is 0 Å². The Bertz CT molecular complexity index is 634. The third-order valence-corrected chi connectivity index (χ3v) is 4.83. The lowest BCUT2D eigenvalue weighted by atomic mass is 9.72. The third kappa shape index (κ3) is 2.62. The van der Waals surface area contributed by atoms with Gasteiger partial charge >= 0.3 is 6.09 Å². The first-order valence-electron chi connectivity index (χ1n) is 6.62. The molecule has 1 amide bonds. The standard InChI is InChI=1S/C14H16N2O3S/c17-7-8-3-10(4-8)9-1-2-11-12(5-9)20-13(16-11)6-15-14(18)19/h1-2,5,8,10,15,17H,3-4,6-7H2,(H,18,19). The molecule has 5 nitrogen and oxygen atoms in total. The largest absolute Gasteiger partial charge is 0.465 e. The van der Waals surface area contributed by atoms with Gasteiger partial charge in [0.05, 0.1) is 16.8 Å². The summed E-state index contributed by atoms with van der Waals surface area (Å²) in [6.45, 7) is 0.532. The van der Waals surface area contributed by atoms with Crippen LogP contribution >= 0.6 is 11.3 Å². The molecular formula is C14H16N2O3S. The molecule has 0 radical (unpaired) electrons. The molecule has 2 aromatic rings. The molecule has 1 aromatic carbocycles. The number of hydrogen-bond donors (Lipinski definition) is 3. The van der Waals surface area contributed by atoms with E-state index in [0.717, 1.165) is 28.1 Å². The Hall–Kier alpha value is -1.66. The summed E-state index contributed by atoms with van der Waals surface area (Å²) >= 11 is 1.53. The number of rotatable bonds is 4. The summed E-state index contributed by atoms with van der Waals surface area (Å²) in [6.07, 6.45) is 1.07. The van der Waals surface area contributed by atoms with Crippen molar-refractivity contribution < 1.29 is 15.0 Å². The predicted octanol–water partition coefficient (Wildman–Crippen LogP) is 2.55. The number of aliphatic hydroxyl groups is 1. The van der Waals surface area contributed by atoms with Crippen LogP contribution in [0.2, 0.25) is 0 Å². The van der Waals surface area contributed by atoms with Gasteiger partial charge in [-0.05, 0) is 42.4 Å². The Balaban J connectivity index is 1.76. The van der Waals surface area contributed by atoms with E-state index in [4.69, 9.17) is 10.2 Å². The van der Waals surface area contributed by atoms with Crippen molar-refractivity contribution in [2.75, 3.05) is 6.61 Å². The highest BCUT2D eigenvalue weighted by Crippen LogP contribution is 2.42. The third-order valence-electron chi connectivity index (χ3n) is 3.81. The molecule has 0 spiro atoms. The zero-order chi connectivity index (χ0) is 14.1. The van der Waals surface area contributed by atoms with Crippen LogP contribution < -0.4 is 5.32 Å². The van der Waals surface area contributed by atoms with Crippen molar-refractivity contribution in [1.82, 2.24) is 10.3 Å². The average Bonchev–Trinajstić information content (AvgIpc) is 2.77. The Kier molecular flexibility index (Phi) is 3.58. The van der Waals surface area contributed by atoms with Crippen molar-refractivity contribution >= 4 is 27.6 Å². The Labute approximate surface area is 120 Å². The fourth-order valence-electron chi connectivity index (χ4n) is 2.63. The van der Waals surface area contributed by atoms with E-state index in [1.165, 1.54) is 16.9 Å². The van der Waals surface area contributed by atoms with Crippen LogP contribution in [0.1, 0.15) is 29.3 Å². The molecule has 0 unspecified atom stereocenters. The van der Waals surface area contributed by atoms with Gasteiger partial charge in [0, 0.05) is 6.61 Å². The maximum atomic E-state index is 10.5. The van der Waals surface area contributed by atoms with E-state index >= 15 is 0 Å². The summed E-state index contributed by atoms with van der Waals surface area (Å²) in [6, 6.07) is 6.24. The Morgan fingerprint density at radius 2 is 2.25 bits per heavy atom. The monoisotopic (exact) mass is 292 g/mol. The molecule has 3 N–H and O–H groups in total. The quantitative estimate of drug-likeness (QED) is 0.808. The van der Waals surface area contributed by atoms with Crippen LogP contribution in [-0.2, 0) is 6.54 Å². The molecule has 1 aliphatic carbocycles. The van der Waals surface area contributed by atoms with Crippen LogP contribution in [0.15, 0.2) is 18.2 Å². The summed E-state index contributed by atoms with van der Waals surface area (Å²) in [7, 11) is 0. The fourth-order valence-corrected chi connectivity index (χ4v) is 3.58. The van der Waals surface area contributed by atoms with Crippen LogP contribution in [0.4, 0.5) is 4.79 Å². The number of carboxylic acid groups (broad SMARTS) is 1. The van der Waals surface area contributed by atoms with Crippen molar-refractivity contribution in [3.8, 4) is 0 Å². The highest BCUT2D eigenvalue weighted by atomic mass is 32.1. The SMILES string of the molecule is O=C(O)NCc1nc2ccc(C3CC(CO)C3)cc2s1. The first-order chi connectivity index (χ1) is 9.65. The maximum Gasteiger partial charge on any atom is 0.405 e. The van der Waals surface area contributed by atoms with Gasteiger partial charge < -0.3 is 15.5 Å². The normalized spacial score (nSPS) is 21.6. The van der Waals surface area contributed by atoms with Gasteiger partial charge in [0.25, 0.3) is 0 Å². The second kappa shape index (κ2) is 5.38. The van der Waals surface area contributed by atoms with E-state index in [0.29, 0.717) is 11.8 Å². The van der Waals surface area contributed by atoms with Gasteiger partial charge in [0.15, 0.2) is 0 Å². The lowest BCUT2D eigenvalue weighted by molar-refractivity contribution is 0.142. The molecule has 1 fully saturated rings. The number of aromatic nitrogens is 1. The van der Waals surface area contributed by atoms with Gasteiger partial charge in [-0.15, -0.1) is 11.3 Å². The molecule has 0 bridgehead atoms. The van der Waals surface area contributed by atoms with Crippen molar-refractivity contribution in [1.29, 1.82) is 0 Å². The molecular weight excluding hydrogens is 276 g/mol. The van der Waals surface area contributed by atoms with Gasteiger partial charge in [-0.3, -0.25) is 0 Å². The number of nitrogens with zero attached hydrogens (tertiary/aromatic N) is 1. The fraction of sp³-hybridized carbons (Fsp3) is 0.429. The van der Waals surface area contributed by atoms with Crippen LogP contribution in [0.25, 0.3) is 10.2 Å². The smallest absolute Gasteiger partial charge is 0.405 e. The summed E-state index contributed by atoms with van der Waals surface area (Å²) in [5.74, 6) is 0.992. The summed E-state index contributed by atoms with van der Waals surface area (Å²) in [4.78, 5) is 14.9. The van der Waals surface area contributed by atoms with E-state index < -0.39 is 6.09 Å². The average molecular weight is 292 g/mol. The Morgan fingerprint density at radius 1 is 1.45 bits per heavy atom. The molecule has 1 aliphatic rings. The minimum absolute atomic E-state index is 0.250. The van der Waals surface area contributed by atoms with Gasteiger partial charge in [0.2, 0.25) is 0 Å². The molecule has 20 heavy (non-hydrogen) atoms. The van der Waals surface area contributed by atoms with Gasteiger partial charge in [-0.25, -0.2) is 9.78 Å². The van der Waals surface area contributed by atoms with E-state index in [-0.39, 0.29) is 13.2 Å². The number of carbonyl (C=O) groups is 1. The first kappa shape index (κ1) is 13.3. The van der Waals surface area contributed by atoms with E-state index in [9.17, 15) is 4.79 Å². The summed E-state index contributed by atoms with van der Waals surface area (Å²) in [5.41, 5.74) is 2.21. The van der Waals surface area contributed by atoms with Gasteiger partial charge in [-0.1, -0.05) is 6.07 Å². The Morgan fingerprint density at radius 3 is 2.95 bits per heavy atom. The zero-order valence-corrected chi connectivity index (χ0v) is 11.7. The zero-order valence-electron chi connectivity index (χ0n) is 10.9. The summed E-state index contributed by atoms with van der Waals surface area (Å²) in [5, 5.41) is 20.8. The molecule has 0 aliphatic heterocycles. The van der Waals surface area contributed by atoms with Gasteiger partial charge in [0.1, 0.15) is 5.01 Å². The topological polar surface area (TPSA) is 82.5 Å². The van der Waals surface area contributed by atoms with Crippen LogP contribution in [0.3, 0.4) is 0 Å². The second-order valence-corrected chi connectivity index (χ2v) is 6.33. The maximum absolute atomic E-state index is 10.5. The van der Waals surface area contributed by atoms with E-state index in [1.807, 2.05) is 6.07 Å². The molecule has 6 heteroatoms. The van der Waals surface area contributed by atoms with Crippen molar-refractivity contribution in [2.45, 2.75) is 25.3 Å². The number of fused-ring (bicyclic) bond motifs is 1. The molecule has 0 saturated heterocycles. The minimum atomic E-state index is -1.03. The first-order valence-corrected chi connectivity index (χ1v) is 7.44. The molecule has 1 saturated carbocycles. The van der Waals surface area contributed by atoms with Crippen molar-refractivity contribution in [3.05, 3.63) is 28.8 Å². The highest BCUT2D eigenvalue weighted by molar-refractivity contribution is 7.18. The van der Waals surface area contributed by atoms with Crippen molar-refractivity contribution in [3.63, 3.8) is 0 Å². The van der Waals surface area contributed by atoms with Gasteiger partial charge in [-0.2, -0.15) is 0 Å². The summed E-state index contributed by atoms with van der Waals surface area (Å²) < 4.78 is 1.09. The minimum Gasteiger partial charge on any atom is -0.465 e. The van der Waals surface area contributed by atoms with Crippen molar-refractivity contribution in [2.24, 2.45) is 5.92 Å². The van der Waals surface area contributed by atoms with Crippen LogP contribution in [-0.4, -0.2) is 27.9 Å². The molecule has 106 valence electrons. The lowest BCUT2D eigenvalue weighted by Gasteiger charge is -2.34. The highest BCUT2D eigenvalue weighted by Gasteiger charge is 2.29. The predicted molar refractivity (Wildman–Crippen MR) is 77.0 cm³/mol. The number of benzene rings is 1. The number of hydrogen-bond acceptors (Lipinski definition) is 4. The second-order valence-electron chi connectivity index (χ2n) is 5.21. The van der Waals surface area contributed by atoms with E-state index in [2.05, 4.69) is 22.4 Å². The molecule has 3 rings (SSSR count). The molecule has 1 heterocycles. The van der Waals surface area contributed by atoms with Crippen LogP contribution in [0.5, 0.6) is 0 Å². The lowest BCUT2D eigenvalue weighted by Crippen LogP contribution is -2.24. The number of aliphatic hydroxyl groups excluding tert-OH is 1. The number of amides is 1.